The van der Waals surface area contributed by atoms with Crippen LogP contribution in [-0.4, -0.2) is 0 Å². The Morgan fingerprint density at radius 2 is 1.73 bits per heavy atom. The van der Waals surface area contributed by atoms with E-state index in [0.29, 0.717) is 0 Å². The molecule has 0 radical (unpaired) electrons. The van der Waals surface area contributed by atoms with Crippen molar-refractivity contribution in [3.05, 3.63) is 34.4 Å². The van der Waals surface area contributed by atoms with Crippen molar-refractivity contribution in [2.24, 2.45) is 0 Å². The standard InChI is InChI=1S/C8H3ClF2/c1-2-6-7(10)3-5(9)4-8(6)11/h1,3-4H. The number of hydrogen-bond donors (Lipinski definition) is 0. The SMILES string of the molecule is C#Cc1c(F)cc(Cl)cc1F. The first-order valence-electron chi connectivity index (χ1n) is 2.76. The Labute approximate surface area is 67.8 Å². The van der Waals surface area contributed by atoms with Crippen LogP contribution in [0.15, 0.2) is 12.1 Å². The molecule has 3 heteroatoms. The van der Waals surface area contributed by atoms with Crippen molar-refractivity contribution in [1.29, 1.82) is 0 Å². The number of terminal acetylenes is 1. The van der Waals surface area contributed by atoms with Gasteiger partial charge in [0.05, 0.1) is 5.56 Å². The normalized spacial score (nSPS) is 9.27. The molecule has 0 fully saturated rings. The lowest BCUT2D eigenvalue weighted by atomic mass is 10.2. The molecule has 0 unspecified atom stereocenters. The largest absolute Gasteiger partial charge is 0.205 e. The molecule has 1 aromatic rings. The fourth-order valence-electron chi connectivity index (χ4n) is 0.680. The van der Waals surface area contributed by atoms with Gasteiger partial charge in [0.2, 0.25) is 0 Å². The summed E-state index contributed by atoms with van der Waals surface area (Å²) in [4.78, 5) is 0. The van der Waals surface area contributed by atoms with Crippen molar-refractivity contribution in [3.8, 4) is 12.3 Å². The smallest absolute Gasteiger partial charge is 0.143 e. The highest BCUT2D eigenvalue weighted by atomic mass is 35.5. The summed E-state index contributed by atoms with van der Waals surface area (Å²) in [7, 11) is 0. The average molecular weight is 173 g/mol. The predicted octanol–water partition coefficient (Wildman–Crippen LogP) is 2.60. The number of hydrogen-bond acceptors (Lipinski definition) is 0. The van der Waals surface area contributed by atoms with E-state index < -0.39 is 11.6 Å². The van der Waals surface area contributed by atoms with Crippen LogP contribution in [0.1, 0.15) is 5.56 Å². The van der Waals surface area contributed by atoms with E-state index in [0.717, 1.165) is 12.1 Å². The second-order valence-electron chi connectivity index (χ2n) is 1.89. The maximum Gasteiger partial charge on any atom is 0.143 e. The maximum atomic E-state index is 12.6. The van der Waals surface area contributed by atoms with E-state index in [-0.39, 0.29) is 10.6 Å². The summed E-state index contributed by atoms with van der Waals surface area (Å²) < 4.78 is 25.3. The van der Waals surface area contributed by atoms with Crippen LogP contribution >= 0.6 is 11.6 Å². The third kappa shape index (κ3) is 1.50. The molecule has 1 rings (SSSR count). The highest BCUT2D eigenvalue weighted by molar-refractivity contribution is 6.30. The molecule has 0 aliphatic heterocycles. The molecule has 1 aromatic carbocycles. The summed E-state index contributed by atoms with van der Waals surface area (Å²) in [6.45, 7) is 0. The van der Waals surface area contributed by atoms with Crippen LogP contribution in [0.2, 0.25) is 5.02 Å². The minimum atomic E-state index is -0.808. The lowest BCUT2D eigenvalue weighted by Gasteiger charge is -1.96. The Morgan fingerprint density at radius 3 is 2.09 bits per heavy atom. The van der Waals surface area contributed by atoms with Crippen LogP contribution in [0, 0.1) is 24.0 Å². The highest BCUT2D eigenvalue weighted by Gasteiger charge is 2.06. The van der Waals surface area contributed by atoms with Gasteiger partial charge in [0.25, 0.3) is 0 Å². The maximum absolute atomic E-state index is 12.6. The molecule has 0 N–H and O–H groups in total. The Morgan fingerprint density at radius 1 is 1.27 bits per heavy atom. The zero-order valence-electron chi connectivity index (χ0n) is 5.37. The van der Waals surface area contributed by atoms with Gasteiger partial charge in [0.1, 0.15) is 11.6 Å². The minimum Gasteiger partial charge on any atom is -0.205 e. The first kappa shape index (κ1) is 8.03. The van der Waals surface area contributed by atoms with Gasteiger partial charge in [-0.15, -0.1) is 6.42 Å². The summed E-state index contributed by atoms with van der Waals surface area (Å²) in [6, 6.07) is 1.94. The molecule has 0 amide bonds. The topological polar surface area (TPSA) is 0 Å². The molecule has 56 valence electrons. The summed E-state index contributed by atoms with van der Waals surface area (Å²) in [5.41, 5.74) is -0.380. The quantitative estimate of drug-likeness (QED) is 0.528. The fourth-order valence-corrected chi connectivity index (χ4v) is 0.872. The Hall–Kier alpha value is -1.07. The predicted molar refractivity (Wildman–Crippen MR) is 39.3 cm³/mol. The summed E-state index contributed by atoms with van der Waals surface area (Å²) in [5, 5.41) is -0.000926. The van der Waals surface area contributed by atoms with Crippen molar-refractivity contribution in [3.63, 3.8) is 0 Å². The third-order valence-corrected chi connectivity index (χ3v) is 1.37. The van der Waals surface area contributed by atoms with Crippen LogP contribution in [0.3, 0.4) is 0 Å². The first-order chi connectivity index (χ1) is 5.15. The van der Waals surface area contributed by atoms with E-state index in [2.05, 4.69) is 0 Å². The van der Waals surface area contributed by atoms with Gasteiger partial charge in [-0.2, -0.15) is 0 Å². The van der Waals surface area contributed by atoms with Gasteiger partial charge >= 0.3 is 0 Å². The third-order valence-electron chi connectivity index (χ3n) is 1.15. The fraction of sp³-hybridized carbons (Fsp3) is 0. The molecule has 0 nitrogen and oxygen atoms in total. The molecule has 0 aliphatic carbocycles. The molecule has 11 heavy (non-hydrogen) atoms. The van der Waals surface area contributed by atoms with Gasteiger partial charge in [0.15, 0.2) is 0 Å². The van der Waals surface area contributed by atoms with Crippen molar-refractivity contribution in [2.75, 3.05) is 0 Å². The lowest BCUT2D eigenvalue weighted by Crippen LogP contribution is -1.88. The van der Waals surface area contributed by atoms with E-state index >= 15 is 0 Å². The average Bonchev–Trinajstić information content (AvgIpc) is 1.85. The van der Waals surface area contributed by atoms with Crippen molar-refractivity contribution in [1.82, 2.24) is 0 Å². The lowest BCUT2D eigenvalue weighted by molar-refractivity contribution is 0.578. The molecule has 0 saturated heterocycles. The Kier molecular flexibility index (Phi) is 2.11. The summed E-state index contributed by atoms with van der Waals surface area (Å²) in [5.74, 6) is 0.266. The van der Waals surface area contributed by atoms with E-state index in [1.807, 2.05) is 5.92 Å². The van der Waals surface area contributed by atoms with Crippen LogP contribution < -0.4 is 0 Å². The van der Waals surface area contributed by atoms with E-state index in [1.165, 1.54) is 0 Å². The van der Waals surface area contributed by atoms with Crippen molar-refractivity contribution >= 4 is 11.6 Å². The molecule has 0 heterocycles. The van der Waals surface area contributed by atoms with E-state index in [4.69, 9.17) is 18.0 Å². The Balaban J connectivity index is 3.40. The summed E-state index contributed by atoms with van der Waals surface area (Å²) in [6.07, 6.45) is 4.83. The molecular weight excluding hydrogens is 170 g/mol. The highest BCUT2D eigenvalue weighted by Crippen LogP contribution is 2.17. The van der Waals surface area contributed by atoms with E-state index in [1.54, 1.807) is 0 Å². The molecule has 0 saturated carbocycles. The van der Waals surface area contributed by atoms with Crippen molar-refractivity contribution < 1.29 is 8.78 Å². The molecule has 0 aromatic heterocycles. The van der Waals surface area contributed by atoms with Crippen LogP contribution in [0.5, 0.6) is 0 Å². The number of rotatable bonds is 0. The monoisotopic (exact) mass is 172 g/mol. The van der Waals surface area contributed by atoms with Gasteiger partial charge < -0.3 is 0 Å². The van der Waals surface area contributed by atoms with E-state index in [9.17, 15) is 8.78 Å². The van der Waals surface area contributed by atoms with Gasteiger partial charge in [-0.25, -0.2) is 8.78 Å². The van der Waals surface area contributed by atoms with Crippen molar-refractivity contribution in [2.45, 2.75) is 0 Å². The van der Waals surface area contributed by atoms with Crippen LogP contribution in [0.25, 0.3) is 0 Å². The number of halogens is 3. The van der Waals surface area contributed by atoms with Gasteiger partial charge in [-0.3, -0.25) is 0 Å². The molecule has 0 bridgehead atoms. The Bertz CT molecular complexity index is 302. The van der Waals surface area contributed by atoms with Gasteiger partial charge in [-0.05, 0) is 12.1 Å². The summed E-state index contributed by atoms with van der Waals surface area (Å²) >= 11 is 5.33. The van der Waals surface area contributed by atoms with Crippen LogP contribution in [0.4, 0.5) is 8.78 Å². The van der Waals surface area contributed by atoms with Gasteiger partial charge in [0, 0.05) is 5.02 Å². The first-order valence-corrected chi connectivity index (χ1v) is 3.14. The van der Waals surface area contributed by atoms with Crippen LogP contribution in [-0.2, 0) is 0 Å². The second-order valence-corrected chi connectivity index (χ2v) is 2.33. The molecular formula is C8H3ClF2. The molecule has 0 spiro atoms. The second kappa shape index (κ2) is 2.89. The minimum absolute atomic E-state index is 0.000926. The zero-order chi connectivity index (χ0) is 8.43. The van der Waals surface area contributed by atoms with Gasteiger partial charge in [-0.1, -0.05) is 17.5 Å². The number of benzene rings is 1. The zero-order valence-corrected chi connectivity index (χ0v) is 6.12. The molecule has 0 atom stereocenters. The molecule has 0 aliphatic rings.